The van der Waals surface area contributed by atoms with Crippen molar-refractivity contribution in [1.82, 2.24) is 15.1 Å². The fraction of sp³-hybridized carbons (Fsp3) is 0.400. The molecule has 1 heterocycles. The van der Waals surface area contributed by atoms with Crippen molar-refractivity contribution < 1.29 is 0 Å². The molecule has 0 aliphatic carbocycles. The average molecular weight is 322 g/mol. The Morgan fingerprint density at radius 1 is 1.32 bits per heavy atom. The van der Waals surface area contributed by atoms with Crippen molar-refractivity contribution in [2.75, 3.05) is 7.05 Å². The van der Waals surface area contributed by atoms with Crippen LogP contribution in [0.15, 0.2) is 41.0 Å². The van der Waals surface area contributed by atoms with Gasteiger partial charge in [-0.15, -0.1) is 0 Å². The number of aryl methyl sites for hydroxylation is 1. The van der Waals surface area contributed by atoms with Gasteiger partial charge in [-0.2, -0.15) is 5.10 Å². The van der Waals surface area contributed by atoms with Crippen LogP contribution in [0.3, 0.4) is 0 Å². The number of nitrogens with zero attached hydrogens (tertiary/aromatic N) is 2. The maximum absolute atomic E-state index is 4.41. The maximum atomic E-state index is 4.41. The Bertz CT molecular complexity index is 521. The van der Waals surface area contributed by atoms with Crippen LogP contribution in [-0.4, -0.2) is 16.8 Å². The smallest absolute Gasteiger partial charge is 0.0701 e. The Morgan fingerprint density at radius 2 is 2.00 bits per heavy atom. The minimum Gasteiger partial charge on any atom is -0.311 e. The lowest BCUT2D eigenvalue weighted by atomic mass is 9.91. The van der Waals surface area contributed by atoms with Crippen LogP contribution in [0.2, 0.25) is 0 Å². The summed E-state index contributed by atoms with van der Waals surface area (Å²) in [5, 5.41) is 7.84. The fourth-order valence-corrected chi connectivity index (χ4v) is 3.05. The van der Waals surface area contributed by atoms with Crippen LogP contribution < -0.4 is 5.32 Å². The quantitative estimate of drug-likeness (QED) is 0.909. The van der Waals surface area contributed by atoms with Crippen LogP contribution in [-0.2, 0) is 6.54 Å². The van der Waals surface area contributed by atoms with Gasteiger partial charge in [0.05, 0.1) is 22.4 Å². The van der Waals surface area contributed by atoms with Gasteiger partial charge in [0.2, 0.25) is 0 Å². The molecule has 2 aromatic rings. The number of benzene rings is 1. The summed E-state index contributed by atoms with van der Waals surface area (Å²) >= 11 is 3.62. The highest BCUT2D eigenvalue weighted by Gasteiger charge is 2.24. The molecule has 0 aliphatic rings. The number of likely N-dealkylation sites (N-methyl/N-ethyl adjacent to an activating group) is 1. The summed E-state index contributed by atoms with van der Waals surface area (Å²) in [5.74, 6) is 0.379. The van der Waals surface area contributed by atoms with Gasteiger partial charge in [-0.1, -0.05) is 37.3 Å². The van der Waals surface area contributed by atoms with Gasteiger partial charge < -0.3 is 5.32 Å². The van der Waals surface area contributed by atoms with E-state index in [0.29, 0.717) is 5.92 Å². The highest BCUT2D eigenvalue weighted by molar-refractivity contribution is 9.10. The zero-order chi connectivity index (χ0) is 13.8. The standard InChI is InChI=1S/C15H20BrN3/c1-4-19-15(13(16)10-18-19)14(17-3)11(2)12-8-6-5-7-9-12/h5-11,14,17H,4H2,1-3H3. The van der Waals surface area contributed by atoms with E-state index < -0.39 is 0 Å². The average Bonchev–Trinajstić information content (AvgIpc) is 2.82. The molecule has 0 saturated heterocycles. The van der Waals surface area contributed by atoms with Crippen LogP contribution >= 0.6 is 15.9 Å². The lowest BCUT2D eigenvalue weighted by Crippen LogP contribution is -2.25. The maximum Gasteiger partial charge on any atom is 0.0701 e. The van der Waals surface area contributed by atoms with Gasteiger partial charge in [-0.3, -0.25) is 4.68 Å². The molecular weight excluding hydrogens is 302 g/mol. The zero-order valence-electron chi connectivity index (χ0n) is 11.6. The predicted octanol–water partition coefficient (Wildman–Crippen LogP) is 3.73. The summed E-state index contributed by atoms with van der Waals surface area (Å²) in [6, 6.07) is 10.8. The molecule has 0 spiro atoms. The second kappa shape index (κ2) is 6.35. The molecule has 4 heteroatoms. The molecule has 1 N–H and O–H groups in total. The summed E-state index contributed by atoms with van der Waals surface area (Å²) in [5.41, 5.74) is 2.54. The molecule has 2 atom stereocenters. The van der Waals surface area contributed by atoms with Crippen molar-refractivity contribution in [3.8, 4) is 0 Å². The van der Waals surface area contributed by atoms with Crippen molar-refractivity contribution in [2.45, 2.75) is 32.4 Å². The van der Waals surface area contributed by atoms with Crippen LogP contribution in [0.4, 0.5) is 0 Å². The van der Waals surface area contributed by atoms with Gasteiger partial charge >= 0.3 is 0 Å². The van der Waals surface area contributed by atoms with E-state index in [1.165, 1.54) is 11.3 Å². The normalized spacial score (nSPS) is 14.3. The van der Waals surface area contributed by atoms with Crippen LogP contribution in [0.25, 0.3) is 0 Å². The van der Waals surface area contributed by atoms with Crippen molar-refractivity contribution in [1.29, 1.82) is 0 Å². The molecule has 2 rings (SSSR count). The molecule has 1 aromatic carbocycles. The highest BCUT2D eigenvalue weighted by Crippen LogP contribution is 2.34. The summed E-state index contributed by atoms with van der Waals surface area (Å²) in [6.45, 7) is 5.24. The van der Waals surface area contributed by atoms with Crippen LogP contribution in [0.5, 0.6) is 0 Å². The molecular formula is C15H20BrN3. The van der Waals surface area contributed by atoms with Gasteiger partial charge in [-0.05, 0) is 35.5 Å². The molecule has 102 valence electrons. The van der Waals surface area contributed by atoms with Crippen LogP contribution in [0.1, 0.15) is 37.1 Å². The Morgan fingerprint density at radius 3 is 2.58 bits per heavy atom. The summed E-state index contributed by atoms with van der Waals surface area (Å²) in [7, 11) is 2.00. The molecule has 2 unspecified atom stereocenters. The molecule has 3 nitrogen and oxygen atoms in total. The first kappa shape index (κ1) is 14.3. The second-order valence-corrected chi connectivity index (χ2v) is 5.51. The van der Waals surface area contributed by atoms with Crippen molar-refractivity contribution in [2.24, 2.45) is 0 Å². The first-order chi connectivity index (χ1) is 9.19. The summed E-state index contributed by atoms with van der Waals surface area (Å²) < 4.78 is 3.11. The van der Waals surface area contributed by atoms with E-state index in [0.717, 1.165) is 11.0 Å². The summed E-state index contributed by atoms with van der Waals surface area (Å²) in [4.78, 5) is 0. The van der Waals surface area contributed by atoms with E-state index in [1.54, 1.807) is 0 Å². The predicted molar refractivity (Wildman–Crippen MR) is 82.3 cm³/mol. The zero-order valence-corrected chi connectivity index (χ0v) is 13.2. The van der Waals surface area contributed by atoms with Crippen LogP contribution in [0, 0.1) is 0 Å². The van der Waals surface area contributed by atoms with E-state index in [1.807, 2.05) is 17.9 Å². The third-order valence-electron chi connectivity index (χ3n) is 3.56. The van der Waals surface area contributed by atoms with E-state index in [2.05, 4.69) is 70.5 Å². The highest BCUT2D eigenvalue weighted by atomic mass is 79.9. The molecule has 0 bridgehead atoms. The monoisotopic (exact) mass is 321 g/mol. The molecule has 0 fully saturated rings. The second-order valence-electron chi connectivity index (χ2n) is 4.66. The Kier molecular flexibility index (Phi) is 4.77. The Balaban J connectivity index is 2.37. The molecule has 1 aromatic heterocycles. The topological polar surface area (TPSA) is 29.9 Å². The minimum absolute atomic E-state index is 0.235. The number of hydrogen-bond donors (Lipinski definition) is 1. The van der Waals surface area contributed by atoms with Crippen molar-refractivity contribution in [3.05, 3.63) is 52.3 Å². The van der Waals surface area contributed by atoms with E-state index in [4.69, 9.17) is 0 Å². The first-order valence-corrected chi connectivity index (χ1v) is 7.41. The third kappa shape index (κ3) is 2.90. The fourth-order valence-electron chi connectivity index (χ4n) is 2.51. The molecule has 19 heavy (non-hydrogen) atoms. The van der Waals surface area contributed by atoms with E-state index in [9.17, 15) is 0 Å². The number of aromatic nitrogens is 2. The largest absolute Gasteiger partial charge is 0.311 e. The number of halogens is 1. The van der Waals surface area contributed by atoms with Crippen molar-refractivity contribution >= 4 is 15.9 Å². The van der Waals surface area contributed by atoms with Gasteiger partial charge in [0.15, 0.2) is 0 Å². The van der Waals surface area contributed by atoms with Crippen molar-refractivity contribution in [3.63, 3.8) is 0 Å². The van der Waals surface area contributed by atoms with Gasteiger partial charge in [-0.25, -0.2) is 0 Å². The lowest BCUT2D eigenvalue weighted by Gasteiger charge is -2.25. The Hall–Kier alpha value is -1.13. The first-order valence-electron chi connectivity index (χ1n) is 6.62. The molecule has 0 amide bonds. The molecule has 0 saturated carbocycles. The van der Waals surface area contributed by atoms with Gasteiger partial charge in [0.25, 0.3) is 0 Å². The molecule has 0 aliphatic heterocycles. The Labute approximate surface area is 123 Å². The van der Waals surface area contributed by atoms with E-state index in [-0.39, 0.29) is 6.04 Å². The number of hydrogen-bond acceptors (Lipinski definition) is 2. The summed E-state index contributed by atoms with van der Waals surface area (Å²) in [6.07, 6.45) is 1.88. The molecule has 0 radical (unpaired) electrons. The minimum atomic E-state index is 0.235. The SMILES string of the molecule is CCn1ncc(Br)c1C(NC)C(C)c1ccccc1. The van der Waals surface area contributed by atoms with Gasteiger partial charge in [0, 0.05) is 12.5 Å². The van der Waals surface area contributed by atoms with Gasteiger partial charge in [0.1, 0.15) is 0 Å². The number of nitrogens with one attached hydrogen (secondary N) is 1. The lowest BCUT2D eigenvalue weighted by molar-refractivity contribution is 0.458. The van der Waals surface area contributed by atoms with E-state index >= 15 is 0 Å². The number of rotatable bonds is 5. The third-order valence-corrected chi connectivity index (χ3v) is 4.17.